The molecule has 0 nitrogen and oxygen atoms in total. The smallest absolute Gasteiger partial charge is 1.00 e. The predicted octanol–water partition coefficient (Wildman–Crippen LogP) is 1.91. The van der Waals surface area contributed by atoms with Crippen LogP contribution in [0.5, 0.6) is 0 Å². The number of benzene rings is 2. The van der Waals surface area contributed by atoms with Crippen LogP contribution in [0.15, 0.2) is 72.8 Å². The van der Waals surface area contributed by atoms with Gasteiger partial charge in [0.25, 0.3) is 0 Å². The van der Waals surface area contributed by atoms with Gasteiger partial charge < -0.3 is 24.8 Å². The Morgan fingerprint density at radius 1 is 0.667 bits per heavy atom. The van der Waals surface area contributed by atoms with E-state index < -0.39 is 0 Å². The Morgan fingerprint density at radius 3 is 1.45 bits per heavy atom. The first-order valence-corrected chi connectivity index (χ1v) is 15.0. The molecule has 0 bridgehead atoms. The fourth-order valence-corrected chi connectivity index (χ4v) is 7.65. The zero-order chi connectivity index (χ0) is 21.7. The molecule has 0 saturated heterocycles. The molecule has 0 aliphatic carbocycles. The Kier molecular flexibility index (Phi) is 15.9. The van der Waals surface area contributed by atoms with Gasteiger partial charge >= 0.3 is 26.2 Å². The zero-order valence-electron chi connectivity index (χ0n) is 20.6. The van der Waals surface area contributed by atoms with E-state index in [4.69, 9.17) is 0 Å². The quantitative estimate of drug-likeness (QED) is 0.236. The minimum atomic E-state index is 0. The van der Waals surface area contributed by atoms with E-state index in [9.17, 15) is 0 Å². The van der Waals surface area contributed by atoms with Gasteiger partial charge in [0, 0.05) is 0 Å². The van der Waals surface area contributed by atoms with Gasteiger partial charge in [0.2, 0.25) is 0 Å². The maximum atomic E-state index is 2.42. The van der Waals surface area contributed by atoms with E-state index in [0.29, 0.717) is 0 Å². The molecule has 5 heteroatoms. The van der Waals surface area contributed by atoms with Crippen LogP contribution in [0.3, 0.4) is 0 Å². The minimum Gasteiger partial charge on any atom is -1.00 e. The second kappa shape index (κ2) is 15.9. The number of hydrogen-bond acceptors (Lipinski definition) is 0. The average Bonchev–Trinajstić information content (AvgIpc) is 3.31. The number of halogens is 2. The Labute approximate surface area is 235 Å². The van der Waals surface area contributed by atoms with Gasteiger partial charge in [-0.15, -0.1) is 88.6 Å². The van der Waals surface area contributed by atoms with Gasteiger partial charge in [-0.3, -0.25) is 0 Å². The van der Waals surface area contributed by atoms with Crippen LogP contribution in [0.2, 0.25) is 0 Å². The number of rotatable bonds is 6. The van der Waals surface area contributed by atoms with Crippen molar-refractivity contribution >= 4 is 48.0 Å². The summed E-state index contributed by atoms with van der Waals surface area (Å²) < 4.78 is 0. The van der Waals surface area contributed by atoms with Crippen molar-refractivity contribution in [3.05, 3.63) is 72.8 Å². The van der Waals surface area contributed by atoms with Crippen LogP contribution in [0.4, 0.5) is 0 Å². The largest absolute Gasteiger partial charge is 4.00 e. The molecule has 33 heavy (non-hydrogen) atoms. The van der Waals surface area contributed by atoms with Crippen LogP contribution in [0, 0.1) is 11.8 Å². The van der Waals surface area contributed by atoms with E-state index in [2.05, 4.69) is 114 Å². The molecule has 0 saturated carbocycles. The van der Waals surface area contributed by atoms with Crippen molar-refractivity contribution in [2.45, 2.75) is 27.7 Å². The molecule has 0 unspecified atom stereocenters. The van der Waals surface area contributed by atoms with E-state index in [1.165, 1.54) is 39.2 Å². The third-order valence-corrected chi connectivity index (χ3v) is 9.88. The van der Waals surface area contributed by atoms with Crippen molar-refractivity contribution in [3.8, 4) is 0 Å². The molecular weight excluding hydrogens is 560 g/mol. The Morgan fingerprint density at radius 2 is 1.06 bits per heavy atom. The zero-order valence-corrected chi connectivity index (χ0v) is 26.4. The Bertz CT molecular complexity index is 990. The van der Waals surface area contributed by atoms with Crippen molar-refractivity contribution in [2.75, 3.05) is 25.7 Å². The summed E-state index contributed by atoms with van der Waals surface area (Å²) in [5.74, 6) is 1.60. The standard InChI is InChI=1S/C17H24P.C11H12P.2ClH.Zr/c1-13(2)11-18(12-14(3)4)17-9-15-7-5-6-8-16(15)10-17;1-12(2)11-7-9-5-3-4-6-10(9)8-11;;;/h5-10,13-14H,11-12H2,1-4H3;3-8H,1-2H3;2*1H;/q2*-1;;;+4/p-2. The first-order chi connectivity index (χ1) is 14.3. The SMILES string of the molecule is CC(C)CP(CC(C)C)c1cc2ccccc2[cH-]1.CP(C)c1cc2ccccc2[cH-]1.[Cl-].[Cl-].[Zr+4]. The molecule has 0 amide bonds. The summed E-state index contributed by atoms with van der Waals surface area (Å²) in [4.78, 5) is 0. The van der Waals surface area contributed by atoms with E-state index in [1.54, 1.807) is 5.30 Å². The third-order valence-electron chi connectivity index (χ3n) is 5.26. The maximum absolute atomic E-state index is 2.42. The van der Waals surface area contributed by atoms with Crippen molar-refractivity contribution < 1.29 is 51.0 Å². The second-order valence-corrected chi connectivity index (χ2v) is 13.9. The van der Waals surface area contributed by atoms with Crippen LogP contribution < -0.4 is 35.4 Å². The van der Waals surface area contributed by atoms with Gasteiger partial charge in [-0.2, -0.15) is 12.1 Å². The fourth-order valence-electron chi connectivity index (χ4n) is 3.88. The monoisotopic (exact) mass is 594 g/mol. The van der Waals surface area contributed by atoms with Gasteiger partial charge in [-0.1, -0.05) is 47.7 Å². The molecular formula is C28H36Cl2P2Zr. The van der Waals surface area contributed by atoms with Crippen LogP contribution >= 0.6 is 15.8 Å². The molecule has 176 valence electrons. The molecule has 0 aromatic heterocycles. The molecule has 4 aromatic carbocycles. The molecule has 0 spiro atoms. The van der Waals surface area contributed by atoms with Crippen LogP contribution in [0.25, 0.3) is 21.5 Å². The van der Waals surface area contributed by atoms with Gasteiger partial charge in [0.1, 0.15) is 0 Å². The normalized spacial score (nSPS) is 10.7. The van der Waals surface area contributed by atoms with E-state index in [-0.39, 0.29) is 66.9 Å². The summed E-state index contributed by atoms with van der Waals surface area (Å²) in [6, 6.07) is 26.8. The first kappa shape index (κ1) is 33.0. The molecule has 0 fully saturated rings. The summed E-state index contributed by atoms with van der Waals surface area (Å²) >= 11 is 0. The second-order valence-electron chi connectivity index (χ2n) is 9.27. The van der Waals surface area contributed by atoms with Gasteiger partial charge in [-0.25, -0.2) is 0 Å². The molecule has 0 aliphatic heterocycles. The van der Waals surface area contributed by atoms with E-state index >= 15 is 0 Å². The van der Waals surface area contributed by atoms with Crippen molar-refractivity contribution in [1.82, 2.24) is 0 Å². The molecule has 0 heterocycles. The first-order valence-electron chi connectivity index (χ1n) is 11.1. The average molecular weight is 597 g/mol. The van der Waals surface area contributed by atoms with Gasteiger partial charge in [0.15, 0.2) is 0 Å². The van der Waals surface area contributed by atoms with E-state index in [1.807, 2.05) is 0 Å². The van der Waals surface area contributed by atoms with Crippen LogP contribution in [0.1, 0.15) is 27.7 Å². The summed E-state index contributed by atoms with van der Waals surface area (Å²) in [5.41, 5.74) is 0. The minimum absolute atomic E-state index is 0. The molecule has 0 aliphatic rings. The summed E-state index contributed by atoms with van der Waals surface area (Å²) in [5, 5.41) is 8.69. The Hall–Kier alpha value is -0.0169. The van der Waals surface area contributed by atoms with E-state index in [0.717, 1.165) is 11.8 Å². The molecule has 0 N–H and O–H groups in total. The summed E-state index contributed by atoms with van der Waals surface area (Å²) in [7, 11) is 0.0761. The third kappa shape index (κ3) is 9.87. The van der Waals surface area contributed by atoms with Crippen LogP contribution in [-0.2, 0) is 26.2 Å². The van der Waals surface area contributed by atoms with Gasteiger partial charge in [0.05, 0.1) is 0 Å². The molecule has 0 radical (unpaired) electrons. The fraction of sp³-hybridized carbons (Fsp3) is 0.357. The van der Waals surface area contributed by atoms with Crippen molar-refractivity contribution in [1.29, 1.82) is 0 Å². The molecule has 0 atom stereocenters. The topological polar surface area (TPSA) is 0 Å². The number of fused-ring (bicyclic) bond motifs is 2. The van der Waals surface area contributed by atoms with Gasteiger partial charge in [-0.05, 0) is 37.5 Å². The predicted molar refractivity (Wildman–Crippen MR) is 143 cm³/mol. The Balaban J connectivity index is 0.000000603. The van der Waals surface area contributed by atoms with Crippen LogP contribution in [-0.4, -0.2) is 25.7 Å². The molecule has 4 aromatic rings. The van der Waals surface area contributed by atoms with Crippen molar-refractivity contribution in [2.24, 2.45) is 11.8 Å². The summed E-state index contributed by atoms with van der Waals surface area (Å²) in [6.07, 6.45) is 2.73. The molecule has 4 rings (SSSR count). The summed E-state index contributed by atoms with van der Waals surface area (Å²) in [6.45, 7) is 14.0. The maximum Gasteiger partial charge on any atom is 4.00 e. The number of hydrogen-bond donors (Lipinski definition) is 0. The van der Waals surface area contributed by atoms with Crippen molar-refractivity contribution in [3.63, 3.8) is 0 Å².